The lowest BCUT2D eigenvalue weighted by atomic mass is 10.1. The molecule has 0 N–H and O–H groups in total. The quantitative estimate of drug-likeness (QED) is 0.538. The summed E-state index contributed by atoms with van der Waals surface area (Å²) >= 11 is 0. The summed E-state index contributed by atoms with van der Waals surface area (Å²) in [6.07, 6.45) is 0.234. The molecule has 2 unspecified atom stereocenters. The minimum Gasteiger partial charge on any atom is -0.366 e. The van der Waals surface area contributed by atoms with Gasteiger partial charge in [0.2, 0.25) is 0 Å². The fourth-order valence-electron chi connectivity index (χ4n) is 1.91. The van der Waals surface area contributed by atoms with E-state index in [1.165, 1.54) is 11.1 Å². The molecule has 0 amide bonds. The fourth-order valence-corrected chi connectivity index (χ4v) is 1.91. The molecule has 2 atom stereocenters. The van der Waals surface area contributed by atoms with E-state index in [9.17, 15) is 0 Å². The lowest BCUT2D eigenvalue weighted by Crippen LogP contribution is -2.04. The summed E-state index contributed by atoms with van der Waals surface area (Å²) in [6.45, 7) is 20.2. The van der Waals surface area contributed by atoms with Gasteiger partial charge in [0.1, 0.15) is 0 Å². The van der Waals surface area contributed by atoms with Crippen LogP contribution < -0.4 is 0 Å². The van der Waals surface area contributed by atoms with Crippen molar-refractivity contribution in [2.24, 2.45) is 0 Å². The second-order valence-corrected chi connectivity index (χ2v) is 4.24. The summed E-state index contributed by atoms with van der Waals surface area (Å²) in [4.78, 5) is 0. The molecular weight excluding hydrogens is 304 g/mol. The molecule has 1 heteroatoms. The molecule has 2 aromatic carbocycles. The van der Waals surface area contributed by atoms with Crippen LogP contribution in [0.1, 0.15) is 92.6 Å². The van der Waals surface area contributed by atoms with Gasteiger partial charge in [-0.05, 0) is 25.0 Å². The Morgan fingerprint density at radius 2 is 0.720 bits per heavy atom. The Kier molecular flexibility index (Phi) is 25.3. The van der Waals surface area contributed by atoms with E-state index in [2.05, 4.69) is 38.1 Å². The third kappa shape index (κ3) is 13.4. The van der Waals surface area contributed by atoms with Gasteiger partial charge in [0.15, 0.2) is 0 Å². The van der Waals surface area contributed by atoms with Gasteiger partial charge in [-0.15, -0.1) is 0 Å². The Hall–Kier alpha value is -1.60. The first-order valence-electron chi connectivity index (χ1n) is 10.0. The summed E-state index contributed by atoms with van der Waals surface area (Å²) in [5.41, 5.74) is 2.44. The van der Waals surface area contributed by atoms with Crippen molar-refractivity contribution in [3.63, 3.8) is 0 Å². The third-order valence-corrected chi connectivity index (χ3v) is 2.95. The standard InChI is InChI=1S/C16H18O.4C2H6/c1-13(15-9-5-3-6-10-15)17-14(2)16-11-7-4-8-12-16;4*1-2/h3-14H,1-2H3;4*1-2H3. The molecule has 0 aliphatic carbocycles. The van der Waals surface area contributed by atoms with E-state index in [-0.39, 0.29) is 12.2 Å². The summed E-state index contributed by atoms with van der Waals surface area (Å²) in [6, 6.07) is 20.6. The zero-order valence-corrected chi connectivity index (χ0v) is 18.3. The Labute approximate surface area is 158 Å². The molecule has 0 saturated heterocycles. The van der Waals surface area contributed by atoms with Crippen molar-refractivity contribution in [3.05, 3.63) is 71.8 Å². The smallest absolute Gasteiger partial charge is 0.0805 e. The van der Waals surface area contributed by atoms with Gasteiger partial charge in [-0.3, -0.25) is 0 Å². The van der Waals surface area contributed by atoms with Crippen LogP contribution in [0.2, 0.25) is 0 Å². The fraction of sp³-hybridized carbons (Fsp3) is 0.500. The van der Waals surface area contributed by atoms with Crippen molar-refractivity contribution in [3.8, 4) is 0 Å². The average Bonchev–Trinajstić information content (AvgIpc) is 2.75. The number of hydrogen-bond donors (Lipinski definition) is 0. The molecule has 0 radical (unpaired) electrons. The molecule has 0 spiro atoms. The monoisotopic (exact) mass is 346 g/mol. The van der Waals surface area contributed by atoms with Gasteiger partial charge in [-0.25, -0.2) is 0 Å². The molecular formula is C24H42O. The highest BCUT2D eigenvalue weighted by Gasteiger charge is 2.11. The maximum atomic E-state index is 6.02. The predicted octanol–water partition coefficient (Wildman–Crippen LogP) is 8.63. The van der Waals surface area contributed by atoms with Crippen molar-refractivity contribution < 1.29 is 4.74 Å². The van der Waals surface area contributed by atoms with Gasteiger partial charge in [0, 0.05) is 0 Å². The van der Waals surface area contributed by atoms with Crippen LogP contribution in [0.5, 0.6) is 0 Å². The molecule has 2 rings (SSSR count). The molecule has 144 valence electrons. The molecule has 2 aromatic rings. The summed E-state index contributed by atoms with van der Waals surface area (Å²) < 4.78 is 6.02. The molecule has 0 aromatic heterocycles. The average molecular weight is 347 g/mol. The lowest BCUT2D eigenvalue weighted by molar-refractivity contribution is 0.00586. The van der Waals surface area contributed by atoms with Crippen LogP contribution in [-0.4, -0.2) is 0 Å². The molecule has 0 saturated carbocycles. The van der Waals surface area contributed by atoms with Crippen molar-refractivity contribution >= 4 is 0 Å². The predicted molar refractivity (Wildman–Crippen MR) is 116 cm³/mol. The number of rotatable bonds is 4. The second kappa shape index (κ2) is 22.4. The molecule has 0 heterocycles. The molecule has 0 fully saturated rings. The third-order valence-electron chi connectivity index (χ3n) is 2.95. The van der Waals surface area contributed by atoms with E-state index in [0.717, 1.165) is 0 Å². The molecule has 1 nitrogen and oxygen atoms in total. The van der Waals surface area contributed by atoms with Gasteiger partial charge in [-0.2, -0.15) is 0 Å². The van der Waals surface area contributed by atoms with E-state index < -0.39 is 0 Å². The molecule has 0 aliphatic heterocycles. The minimum atomic E-state index is 0.117. The van der Waals surface area contributed by atoms with Crippen molar-refractivity contribution in [2.45, 2.75) is 81.4 Å². The van der Waals surface area contributed by atoms with Gasteiger partial charge in [-0.1, -0.05) is 116 Å². The first kappa shape index (κ1) is 28.2. The van der Waals surface area contributed by atoms with E-state index in [1.807, 2.05) is 91.8 Å². The van der Waals surface area contributed by atoms with Gasteiger partial charge in [0.05, 0.1) is 12.2 Å². The summed E-state index contributed by atoms with van der Waals surface area (Å²) in [5, 5.41) is 0. The van der Waals surface area contributed by atoms with Crippen LogP contribution >= 0.6 is 0 Å². The topological polar surface area (TPSA) is 9.23 Å². The second-order valence-electron chi connectivity index (χ2n) is 4.24. The highest BCUT2D eigenvalue weighted by atomic mass is 16.5. The Balaban J connectivity index is -0.000000533. The largest absolute Gasteiger partial charge is 0.366 e. The zero-order valence-electron chi connectivity index (χ0n) is 18.3. The lowest BCUT2D eigenvalue weighted by Gasteiger charge is -2.19. The highest BCUT2D eigenvalue weighted by molar-refractivity contribution is 5.19. The normalized spacial score (nSPS) is 10.6. The number of ether oxygens (including phenoxy) is 1. The Morgan fingerprint density at radius 1 is 0.480 bits per heavy atom. The molecule has 0 bridgehead atoms. The van der Waals surface area contributed by atoms with Crippen LogP contribution in [-0.2, 0) is 4.74 Å². The van der Waals surface area contributed by atoms with E-state index >= 15 is 0 Å². The van der Waals surface area contributed by atoms with Crippen molar-refractivity contribution in [1.29, 1.82) is 0 Å². The Bertz CT molecular complexity index is 393. The zero-order chi connectivity index (χ0) is 20.1. The van der Waals surface area contributed by atoms with Crippen molar-refractivity contribution in [2.75, 3.05) is 0 Å². The maximum absolute atomic E-state index is 6.02. The SMILES string of the molecule is CC.CC.CC.CC.CC(OC(C)c1ccccc1)c1ccccc1. The maximum Gasteiger partial charge on any atom is 0.0805 e. The van der Waals surface area contributed by atoms with Crippen LogP contribution in [0.4, 0.5) is 0 Å². The number of hydrogen-bond acceptors (Lipinski definition) is 1. The Morgan fingerprint density at radius 3 is 0.960 bits per heavy atom. The van der Waals surface area contributed by atoms with Crippen LogP contribution in [0.15, 0.2) is 60.7 Å². The van der Waals surface area contributed by atoms with Gasteiger partial charge < -0.3 is 4.74 Å². The molecule has 25 heavy (non-hydrogen) atoms. The van der Waals surface area contributed by atoms with Crippen LogP contribution in [0.25, 0.3) is 0 Å². The molecule has 0 aliphatic rings. The van der Waals surface area contributed by atoms with Crippen LogP contribution in [0, 0.1) is 0 Å². The van der Waals surface area contributed by atoms with Crippen LogP contribution in [0.3, 0.4) is 0 Å². The van der Waals surface area contributed by atoms with Crippen molar-refractivity contribution in [1.82, 2.24) is 0 Å². The summed E-state index contributed by atoms with van der Waals surface area (Å²) in [5.74, 6) is 0. The van der Waals surface area contributed by atoms with Gasteiger partial charge >= 0.3 is 0 Å². The van der Waals surface area contributed by atoms with E-state index in [4.69, 9.17) is 4.74 Å². The van der Waals surface area contributed by atoms with E-state index in [0.29, 0.717) is 0 Å². The number of benzene rings is 2. The van der Waals surface area contributed by atoms with Gasteiger partial charge in [0.25, 0.3) is 0 Å². The minimum absolute atomic E-state index is 0.117. The first-order valence-corrected chi connectivity index (χ1v) is 10.0. The first-order chi connectivity index (χ1) is 12.3. The highest BCUT2D eigenvalue weighted by Crippen LogP contribution is 2.25. The van der Waals surface area contributed by atoms with E-state index in [1.54, 1.807) is 0 Å². The summed E-state index contributed by atoms with van der Waals surface area (Å²) in [7, 11) is 0.